The Kier molecular flexibility index (Phi) is 2.53. The smallest absolute Gasteiger partial charge is 0.187 e. The minimum Gasteiger partial charge on any atom is -0.302 e. The van der Waals surface area contributed by atoms with Gasteiger partial charge in [0, 0.05) is 5.38 Å². The molecule has 0 bridgehead atoms. The van der Waals surface area contributed by atoms with Crippen LogP contribution >= 0.6 is 11.3 Å². The lowest BCUT2D eigenvalue weighted by atomic mass is 10.4. The lowest BCUT2D eigenvalue weighted by Crippen LogP contribution is -1.87. The van der Waals surface area contributed by atoms with Gasteiger partial charge in [0.25, 0.3) is 0 Å². The number of ketones is 1. The highest BCUT2D eigenvalue weighted by atomic mass is 32.2. The first kappa shape index (κ1) is 8.58. The van der Waals surface area contributed by atoms with E-state index in [4.69, 9.17) is 4.55 Å². The predicted octanol–water partition coefficient (Wildman–Crippen LogP) is 1.53. The van der Waals surface area contributed by atoms with E-state index in [1.165, 1.54) is 29.7 Å². The molecule has 1 rings (SSSR count). The molecule has 0 amide bonds. The molecule has 1 atom stereocenters. The van der Waals surface area contributed by atoms with Crippen molar-refractivity contribution in [2.45, 2.75) is 11.8 Å². The molecule has 1 heterocycles. The van der Waals surface area contributed by atoms with E-state index < -0.39 is 11.1 Å². The van der Waals surface area contributed by atoms with Crippen LogP contribution < -0.4 is 0 Å². The number of Topliss-reactive ketones (excluding diaryl/α,β-unsaturated/α-hetero) is 1. The molecule has 0 spiro atoms. The first-order valence-corrected chi connectivity index (χ1v) is 4.80. The summed E-state index contributed by atoms with van der Waals surface area (Å²) >= 11 is -0.783. The van der Waals surface area contributed by atoms with Gasteiger partial charge in [0.15, 0.2) is 16.9 Å². The summed E-state index contributed by atoms with van der Waals surface area (Å²) in [5, 5.41) is 1.51. The largest absolute Gasteiger partial charge is 0.302 e. The molecule has 0 radical (unpaired) electrons. The number of carbonyl (C=O) groups is 1. The zero-order valence-corrected chi connectivity index (χ0v) is 7.37. The average Bonchev–Trinajstić information content (AvgIpc) is 2.33. The van der Waals surface area contributed by atoms with Crippen molar-refractivity contribution in [3.63, 3.8) is 0 Å². The van der Waals surface area contributed by atoms with Crippen LogP contribution in [-0.2, 0) is 11.1 Å². The predicted molar refractivity (Wildman–Crippen MR) is 43.4 cm³/mol. The van der Waals surface area contributed by atoms with Crippen LogP contribution in [0.1, 0.15) is 16.6 Å². The Labute approximate surface area is 70.3 Å². The second kappa shape index (κ2) is 3.25. The standard InChI is InChI=1S/C6H6O3S2/c1-4(7)6-2-5(3-10-6)11(8)9/h2-3H,1H3,(H,8,9). The first-order valence-electron chi connectivity index (χ1n) is 2.81. The molecule has 0 saturated heterocycles. The molecule has 0 saturated carbocycles. The molecule has 3 nitrogen and oxygen atoms in total. The Morgan fingerprint density at radius 2 is 2.36 bits per heavy atom. The van der Waals surface area contributed by atoms with Gasteiger partial charge in [0.1, 0.15) is 0 Å². The van der Waals surface area contributed by atoms with Gasteiger partial charge < -0.3 is 4.55 Å². The summed E-state index contributed by atoms with van der Waals surface area (Å²) in [4.78, 5) is 11.5. The minimum atomic E-state index is -1.97. The number of hydrogen-bond donors (Lipinski definition) is 1. The van der Waals surface area contributed by atoms with Crippen molar-refractivity contribution in [3.8, 4) is 0 Å². The van der Waals surface area contributed by atoms with Gasteiger partial charge in [-0.15, -0.1) is 11.3 Å². The molecule has 5 heteroatoms. The van der Waals surface area contributed by atoms with Crippen molar-refractivity contribution in [1.82, 2.24) is 0 Å². The zero-order chi connectivity index (χ0) is 8.43. The number of carbonyl (C=O) groups excluding carboxylic acids is 1. The Balaban J connectivity index is 2.99. The third-order valence-corrected chi connectivity index (χ3v) is 2.94. The van der Waals surface area contributed by atoms with Crippen molar-refractivity contribution in [3.05, 3.63) is 16.3 Å². The lowest BCUT2D eigenvalue weighted by Gasteiger charge is -1.83. The fourth-order valence-electron chi connectivity index (χ4n) is 0.595. The van der Waals surface area contributed by atoms with Crippen LogP contribution in [0.4, 0.5) is 0 Å². The Bertz CT molecular complexity index is 274. The summed E-state index contributed by atoms with van der Waals surface area (Å²) in [6, 6.07) is 1.43. The van der Waals surface area contributed by atoms with E-state index >= 15 is 0 Å². The lowest BCUT2D eigenvalue weighted by molar-refractivity contribution is 0.102. The van der Waals surface area contributed by atoms with Gasteiger partial charge in [-0.1, -0.05) is 0 Å². The highest BCUT2D eigenvalue weighted by Gasteiger charge is 2.06. The molecule has 1 N–H and O–H groups in total. The maximum absolute atomic E-state index is 10.7. The fourth-order valence-corrected chi connectivity index (χ4v) is 2.03. The SMILES string of the molecule is CC(=O)c1cc(S(=O)O)cs1. The molecule has 1 aromatic heterocycles. The molecule has 0 aliphatic rings. The third-order valence-electron chi connectivity index (χ3n) is 1.12. The van der Waals surface area contributed by atoms with Crippen molar-refractivity contribution >= 4 is 28.2 Å². The molecule has 0 aliphatic carbocycles. The average molecular weight is 190 g/mol. The number of rotatable bonds is 2. The highest BCUT2D eigenvalue weighted by Crippen LogP contribution is 2.17. The van der Waals surface area contributed by atoms with Gasteiger partial charge in [-0.2, -0.15) is 0 Å². The number of hydrogen-bond acceptors (Lipinski definition) is 3. The van der Waals surface area contributed by atoms with Crippen molar-refractivity contribution in [1.29, 1.82) is 0 Å². The van der Waals surface area contributed by atoms with Crippen LogP contribution in [0.25, 0.3) is 0 Å². The minimum absolute atomic E-state index is 0.0771. The van der Waals surface area contributed by atoms with Crippen LogP contribution in [0.3, 0.4) is 0 Å². The molecule has 0 aliphatic heterocycles. The maximum Gasteiger partial charge on any atom is 0.187 e. The first-order chi connectivity index (χ1) is 5.11. The van der Waals surface area contributed by atoms with Gasteiger partial charge in [-0.25, -0.2) is 4.21 Å². The maximum atomic E-state index is 10.7. The topological polar surface area (TPSA) is 54.4 Å². The summed E-state index contributed by atoms with van der Waals surface area (Å²) in [6.07, 6.45) is 0. The molecule has 60 valence electrons. The van der Waals surface area contributed by atoms with E-state index in [1.54, 1.807) is 0 Å². The van der Waals surface area contributed by atoms with Gasteiger partial charge in [0.2, 0.25) is 0 Å². The van der Waals surface area contributed by atoms with Crippen LogP contribution in [0.2, 0.25) is 0 Å². The molecular formula is C6H6O3S2. The van der Waals surface area contributed by atoms with E-state index in [0.29, 0.717) is 9.77 Å². The number of thiophene rings is 1. The molecule has 0 fully saturated rings. The molecule has 11 heavy (non-hydrogen) atoms. The Hall–Kier alpha value is -0.520. The van der Waals surface area contributed by atoms with Crippen LogP contribution in [0, 0.1) is 0 Å². The van der Waals surface area contributed by atoms with Crippen molar-refractivity contribution in [2.24, 2.45) is 0 Å². The van der Waals surface area contributed by atoms with Crippen LogP contribution in [0.5, 0.6) is 0 Å². The Morgan fingerprint density at radius 3 is 2.64 bits per heavy atom. The van der Waals surface area contributed by atoms with Gasteiger partial charge >= 0.3 is 0 Å². The summed E-state index contributed by atoms with van der Waals surface area (Å²) in [6.45, 7) is 1.43. The highest BCUT2D eigenvalue weighted by molar-refractivity contribution is 7.79. The van der Waals surface area contributed by atoms with Crippen LogP contribution in [0.15, 0.2) is 16.3 Å². The van der Waals surface area contributed by atoms with Crippen molar-refractivity contribution in [2.75, 3.05) is 0 Å². The molecular weight excluding hydrogens is 184 g/mol. The molecule has 1 unspecified atom stereocenters. The summed E-state index contributed by atoms with van der Waals surface area (Å²) in [5.41, 5.74) is 0. The second-order valence-electron chi connectivity index (χ2n) is 1.95. The van der Waals surface area contributed by atoms with Crippen molar-refractivity contribution < 1.29 is 13.6 Å². The van der Waals surface area contributed by atoms with E-state index in [9.17, 15) is 9.00 Å². The van der Waals surface area contributed by atoms with Gasteiger partial charge in [-0.3, -0.25) is 4.79 Å². The quantitative estimate of drug-likeness (QED) is 0.568. The monoisotopic (exact) mass is 190 g/mol. The van der Waals surface area contributed by atoms with Gasteiger partial charge in [-0.05, 0) is 13.0 Å². The van der Waals surface area contributed by atoms with Gasteiger partial charge in [0.05, 0.1) is 9.77 Å². The Morgan fingerprint density at radius 1 is 1.73 bits per heavy atom. The molecule has 0 aromatic carbocycles. The summed E-state index contributed by atoms with van der Waals surface area (Å²) < 4.78 is 19.0. The zero-order valence-electron chi connectivity index (χ0n) is 5.73. The molecule has 1 aromatic rings. The normalized spacial score (nSPS) is 12.9. The fraction of sp³-hybridized carbons (Fsp3) is 0.167. The van der Waals surface area contributed by atoms with E-state index in [0.717, 1.165) is 0 Å². The second-order valence-corrected chi connectivity index (χ2v) is 3.83. The van der Waals surface area contributed by atoms with E-state index in [2.05, 4.69) is 0 Å². The third kappa shape index (κ3) is 1.95. The summed E-state index contributed by atoms with van der Waals surface area (Å²) in [7, 11) is 0. The summed E-state index contributed by atoms with van der Waals surface area (Å²) in [5.74, 6) is -0.0771. The van der Waals surface area contributed by atoms with E-state index in [1.807, 2.05) is 0 Å². The van der Waals surface area contributed by atoms with Crippen LogP contribution in [-0.4, -0.2) is 14.5 Å². The van der Waals surface area contributed by atoms with E-state index in [-0.39, 0.29) is 5.78 Å².